The van der Waals surface area contributed by atoms with Gasteiger partial charge in [0.05, 0.1) is 12.9 Å². The van der Waals surface area contributed by atoms with Gasteiger partial charge in [-0.15, -0.1) is 0 Å². The largest absolute Gasteiger partial charge is 0.273 e. The summed E-state index contributed by atoms with van der Waals surface area (Å²) in [5.41, 5.74) is 0.148. The molecule has 0 heterocycles. The smallest absolute Gasteiger partial charge is 0.267 e. The molecule has 0 aromatic carbocycles. The van der Waals surface area contributed by atoms with Gasteiger partial charge in [-0.25, -0.2) is 0 Å². The van der Waals surface area contributed by atoms with Gasteiger partial charge < -0.3 is 0 Å². The molecular weight excluding hydrogens is 236 g/mol. The third-order valence-corrected chi connectivity index (χ3v) is 5.13. The first-order valence-corrected chi connectivity index (χ1v) is 7.90. The van der Waals surface area contributed by atoms with Crippen LogP contribution in [0.4, 0.5) is 0 Å². The number of rotatable bonds is 8. The lowest BCUT2D eigenvalue weighted by Gasteiger charge is -2.27. The summed E-state index contributed by atoms with van der Waals surface area (Å²) < 4.78 is 27.3. The van der Waals surface area contributed by atoms with Crippen molar-refractivity contribution < 1.29 is 12.6 Å². The van der Waals surface area contributed by atoms with E-state index in [-0.39, 0.29) is 11.2 Å². The standard InChI is InChI=1S/C13H28O3S/c1-7-12(2,3)9-8-10-13(4,5)11-17(14,15)16-6/h7-11H2,1-6H3. The Balaban J connectivity index is 4.20. The zero-order valence-corrected chi connectivity index (χ0v) is 13.0. The van der Waals surface area contributed by atoms with Crippen LogP contribution < -0.4 is 0 Å². The zero-order chi connectivity index (χ0) is 13.7. The molecule has 0 spiro atoms. The molecule has 0 saturated carbocycles. The van der Waals surface area contributed by atoms with Crippen LogP contribution in [0.2, 0.25) is 0 Å². The Morgan fingerprint density at radius 2 is 1.47 bits per heavy atom. The van der Waals surface area contributed by atoms with E-state index in [2.05, 4.69) is 25.0 Å². The van der Waals surface area contributed by atoms with Crippen molar-refractivity contribution in [2.45, 2.75) is 60.3 Å². The second-order valence-electron chi connectivity index (χ2n) is 6.40. The summed E-state index contributed by atoms with van der Waals surface area (Å²) in [5.74, 6) is 0.100. The summed E-state index contributed by atoms with van der Waals surface area (Å²) in [6.07, 6.45) is 4.27. The lowest BCUT2D eigenvalue weighted by atomic mass is 9.81. The molecule has 0 aliphatic heterocycles. The summed E-state index contributed by atoms with van der Waals surface area (Å²) in [6, 6.07) is 0. The van der Waals surface area contributed by atoms with Crippen LogP contribution in [0.1, 0.15) is 60.3 Å². The maximum absolute atomic E-state index is 11.4. The molecular formula is C13H28O3S. The monoisotopic (exact) mass is 264 g/mol. The van der Waals surface area contributed by atoms with Gasteiger partial charge in [-0.1, -0.05) is 47.5 Å². The van der Waals surface area contributed by atoms with E-state index in [0.29, 0.717) is 5.41 Å². The van der Waals surface area contributed by atoms with Crippen molar-refractivity contribution in [3.8, 4) is 0 Å². The lowest BCUT2D eigenvalue weighted by Crippen LogP contribution is -2.25. The molecule has 0 atom stereocenters. The Hall–Kier alpha value is -0.0900. The zero-order valence-electron chi connectivity index (χ0n) is 12.2. The molecule has 0 radical (unpaired) electrons. The molecule has 0 bridgehead atoms. The summed E-state index contributed by atoms with van der Waals surface area (Å²) in [7, 11) is -2.12. The molecule has 0 fully saturated rings. The third-order valence-electron chi connectivity index (χ3n) is 3.49. The van der Waals surface area contributed by atoms with Crippen molar-refractivity contribution in [3.63, 3.8) is 0 Å². The lowest BCUT2D eigenvalue weighted by molar-refractivity contribution is 0.271. The normalized spacial score (nSPS) is 14.0. The minimum Gasteiger partial charge on any atom is -0.273 e. The van der Waals surface area contributed by atoms with Crippen LogP contribution in [0.25, 0.3) is 0 Å². The van der Waals surface area contributed by atoms with Crippen LogP contribution in [0.5, 0.6) is 0 Å². The molecule has 0 aliphatic carbocycles. The van der Waals surface area contributed by atoms with Gasteiger partial charge in [-0.05, 0) is 23.7 Å². The Labute approximate surface area is 107 Å². The van der Waals surface area contributed by atoms with E-state index in [0.717, 1.165) is 25.7 Å². The molecule has 0 amide bonds. The SMILES string of the molecule is CCC(C)(C)CCCC(C)(C)CS(=O)(=O)OC. The van der Waals surface area contributed by atoms with E-state index in [4.69, 9.17) is 0 Å². The van der Waals surface area contributed by atoms with Crippen LogP contribution >= 0.6 is 0 Å². The van der Waals surface area contributed by atoms with Crippen LogP contribution in [0.15, 0.2) is 0 Å². The minimum absolute atomic E-state index is 0.100. The average Bonchev–Trinajstić information content (AvgIpc) is 2.15. The van der Waals surface area contributed by atoms with E-state index < -0.39 is 10.1 Å². The van der Waals surface area contributed by atoms with Crippen LogP contribution in [-0.4, -0.2) is 21.3 Å². The van der Waals surface area contributed by atoms with Gasteiger partial charge in [0.1, 0.15) is 0 Å². The second kappa shape index (κ2) is 6.19. The molecule has 3 nitrogen and oxygen atoms in total. The maximum atomic E-state index is 11.4. The molecule has 0 aliphatic rings. The number of hydrogen-bond acceptors (Lipinski definition) is 3. The Kier molecular flexibility index (Phi) is 6.15. The fourth-order valence-electron chi connectivity index (χ4n) is 1.83. The van der Waals surface area contributed by atoms with Crippen LogP contribution in [-0.2, 0) is 14.3 Å². The van der Waals surface area contributed by atoms with Crippen molar-refractivity contribution in [2.75, 3.05) is 12.9 Å². The highest BCUT2D eigenvalue weighted by Crippen LogP contribution is 2.32. The molecule has 0 rings (SSSR count). The van der Waals surface area contributed by atoms with Gasteiger partial charge in [-0.3, -0.25) is 4.18 Å². The van der Waals surface area contributed by atoms with E-state index in [1.165, 1.54) is 7.11 Å². The predicted molar refractivity (Wildman–Crippen MR) is 72.5 cm³/mol. The highest BCUT2D eigenvalue weighted by Gasteiger charge is 2.26. The summed E-state index contributed by atoms with van der Waals surface area (Å²) >= 11 is 0. The summed E-state index contributed by atoms with van der Waals surface area (Å²) in [6.45, 7) is 10.7. The quantitative estimate of drug-likeness (QED) is 0.629. The molecule has 0 aromatic heterocycles. The van der Waals surface area contributed by atoms with Gasteiger partial charge in [-0.2, -0.15) is 8.42 Å². The average molecular weight is 264 g/mol. The predicted octanol–water partition coefficient (Wildman–Crippen LogP) is 3.60. The third kappa shape index (κ3) is 7.77. The van der Waals surface area contributed by atoms with Crippen molar-refractivity contribution in [1.82, 2.24) is 0 Å². The summed E-state index contributed by atoms with van der Waals surface area (Å²) in [5, 5.41) is 0. The molecule has 0 unspecified atom stereocenters. The molecule has 0 N–H and O–H groups in total. The van der Waals surface area contributed by atoms with Gasteiger partial charge >= 0.3 is 0 Å². The van der Waals surface area contributed by atoms with E-state index in [9.17, 15) is 8.42 Å². The fourth-order valence-corrected chi connectivity index (χ4v) is 3.05. The van der Waals surface area contributed by atoms with Crippen LogP contribution in [0.3, 0.4) is 0 Å². The molecule has 0 saturated heterocycles. The molecule has 0 aromatic rings. The van der Waals surface area contributed by atoms with Crippen molar-refractivity contribution in [3.05, 3.63) is 0 Å². The maximum Gasteiger partial charge on any atom is 0.267 e. The fraction of sp³-hybridized carbons (Fsp3) is 1.00. The van der Waals surface area contributed by atoms with Crippen molar-refractivity contribution in [2.24, 2.45) is 10.8 Å². The van der Waals surface area contributed by atoms with E-state index in [1.807, 2.05) is 13.8 Å². The molecule has 104 valence electrons. The first-order chi connectivity index (χ1) is 7.54. The first-order valence-electron chi connectivity index (χ1n) is 6.32. The Morgan fingerprint density at radius 1 is 1.00 bits per heavy atom. The van der Waals surface area contributed by atoms with Gasteiger partial charge in [0, 0.05) is 0 Å². The van der Waals surface area contributed by atoms with E-state index in [1.54, 1.807) is 0 Å². The molecule has 17 heavy (non-hydrogen) atoms. The van der Waals surface area contributed by atoms with Gasteiger partial charge in [0.25, 0.3) is 10.1 Å². The van der Waals surface area contributed by atoms with Crippen molar-refractivity contribution in [1.29, 1.82) is 0 Å². The topological polar surface area (TPSA) is 43.4 Å². The van der Waals surface area contributed by atoms with Crippen molar-refractivity contribution >= 4 is 10.1 Å². The van der Waals surface area contributed by atoms with Crippen LogP contribution in [0, 0.1) is 10.8 Å². The minimum atomic E-state index is -3.35. The van der Waals surface area contributed by atoms with E-state index >= 15 is 0 Å². The molecule has 4 heteroatoms. The van der Waals surface area contributed by atoms with Gasteiger partial charge in [0.15, 0.2) is 0 Å². The highest BCUT2D eigenvalue weighted by atomic mass is 32.2. The second-order valence-corrected chi connectivity index (χ2v) is 8.14. The van der Waals surface area contributed by atoms with Gasteiger partial charge in [0.2, 0.25) is 0 Å². The number of hydrogen-bond donors (Lipinski definition) is 0. The summed E-state index contributed by atoms with van der Waals surface area (Å²) in [4.78, 5) is 0. The highest BCUT2D eigenvalue weighted by molar-refractivity contribution is 7.86. The Morgan fingerprint density at radius 3 is 1.88 bits per heavy atom. The Bertz CT molecular complexity index is 316. The first kappa shape index (κ1) is 16.9.